The summed E-state index contributed by atoms with van der Waals surface area (Å²) in [7, 11) is -3.74. The van der Waals surface area contributed by atoms with Crippen LogP contribution in [0, 0.1) is 0 Å². The molecule has 0 atom stereocenters. The molecule has 4 aromatic rings. The van der Waals surface area contributed by atoms with E-state index in [9.17, 15) is 8.42 Å². The van der Waals surface area contributed by atoms with E-state index in [2.05, 4.69) is 50.2 Å². The maximum atomic E-state index is 14.5. The van der Waals surface area contributed by atoms with Gasteiger partial charge in [-0.2, -0.15) is 0 Å². The summed E-state index contributed by atoms with van der Waals surface area (Å²) in [5.74, 6) is 0. The second kappa shape index (κ2) is 12.9. The minimum atomic E-state index is -3.74. The second-order valence-corrected chi connectivity index (χ2v) is 11.6. The smallest absolute Gasteiger partial charge is 0.207 e. The summed E-state index contributed by atoms with van der Waals surface area (Å²) in [6, 6.07) is 31.9. The van der Waals surface area contributed by atoms with Crippen molar-refractivity contribution < 1.29 is 8.42 Å². The van der Waals surface area contributed by atoms with Gasteiger partial charge < -0.3 is 0 Å². The van der Waals surface area contributed by atoms with Crippen molar-refractivity contribution in [1.82, 2.24) is 0 Å². The van der Waals surface area contributed by atoms with Crippen molar-refractivity contribution in [3.63, 3.8) is 0 Å². The normalized spacial score (nSPS) is 11.5. The molecule has 0 bridgehead atoms. The average Bonchev–Trinajstić information content (AvgIpc) is 2.94. The zero-order chi connectivity index (χ0) is 26.1. The Morgan fingerprint density at radius 3 is 1.27 bits per heavy atom. The Morgan fingerprint density at radius 2 is 0.892 bits per heavy atom. The summed E-state index contributed by atoms with van der Waals surface area (Å²) in [6.07, 6.45) is 7.77. The van der Waals surface area contributed by atoms with Gasteiger partial charge in [-0.1, -0.05) is 124 Å². The molecular formula is C34H38O2S. The van der Waals surface area contributed by atoms with E-state index in [0.29, 0.717) is 9.79 Å². The molecule has 0 N–H and O–H groups in total. The van der Waals surface area contributed by atoms with Crippen molar-refractivity contribution in [3.8, 4) is 22.3 Å². The lowest BCUT2D eigenvalue weighted by atomic mass is 9.95. The Labute approximate surface area is 223 Å². The van der Waals surface area contributed by atoms with Crippen LogP contribution < -0.4 is 0 Å². The first-order valence-corrected chi connectivity index (χ1v) is 15.2. The van der Waals surface area contributed by atoms with Crippen LogP contribution in [0.3, 0.4) is 0 Å². The quantitative estimate of drug-likeness (QED) is 0.178. The minimum absolute atomic E-state index is 0.451. The lowest BCUT2D eigenvalue weighted by molar-refractivity contribution is 0.592. The molecule has 0 saturated heterocycles. The highest BCUT2D eigenvalue weighted by Crippen LogP contribution is 2.37. The Kier molecular flexibility index (Phi) is 9.35. The van der Waals surface area contributed by atoms with Gasteiger partial charge in [-0.3, -0.25) is 0 Å². The van der Waals surface area contributed by atoms with Gasteiger partial charge >= 0.3 is 0 Å². The van der Waals surface area contributed by atoms with Gasteiger partial charge in [-0.05, 0) is 71.2 Å². The Bertz CT molecular complexity index is 1290. The molecule has 4 aromatic carbocycles. The van der Waals surface area contributed by atoms with Crippen LogP contribution >= 0.6 is 0 Å². The molecule has 4 rings (SSSR count). The summed E-state index contributed by atoms with van der Waals surface area (Å²) < 4.78 is 29.0. The highest BCUT2D eigenvalue weighted by Gasteiger charge is 2.27. The molecule has 0 fully saturated rings. The van der Waals surface area contributed by atoms with Crippen LogP contribution in [0.4, 0.5) is 0 Å². The van der Waals surface area contributed by atoms with Gasteiger partial charge in [0, 0.05) is 0 Å². The van der Waals surface area contributed by atoms with Crippen molar-refractivity contribution in [2.24, 2.45) is 0 Å². The third-order valence-electron chi connectivity index (χ3n) is 7.08. The predicted octanol–water partition coefficient (Wildman–Crippen LogP) is 9.32. The first-order chi connectivity index (χ1) is 18.1. The van der Waals surface area contributed by atoms with E-state index in [0.717, 1.165) is 84.7 Å². The van der Waals surface area contributed by atoms with E-state index in [1.54, 1.807) is 0 Å². The van der Waals surface area contributed by atoms with E-state index in [4.69, 9.17) is 0 Å². The fourth-order valence-electron chi connectivity index (χ4n) is 5.15. The third-order valence-corrected chi connectivity index (χ3v) is 9.00. The molecule has 2 nitrogen and oxygen atoms in total. The Hall–Kier alpha value is -3.17. The molecule has 0 heterocycles. The Balaban J connectivity index is 1.90. The van der Waals surface area contributed by atoms with Gasteiger partial charge in [0.15, 0.2) is 0 Å². The molecule has 0 aromatic heterocycles. The standard InChI is InChI=1S/C34H38O2S/c1-3-5-9-21-31-29(27-17-11-7-12-18-27)23-15-25-33(31)37(35,36)34-26-16-24-30(28-19-13-8-14-20-28)32(34)22-10-6-4-2/h7-8,11-20,23-26H,3-6,9-10,21-22H2,1-2H3. The van der Waals surface area contributed by atoms with Gasteiger partial charge in [0.1, 0.15) is 0 Å². The molecule has 0 spiro atoms. The zero-order valence-electron chi connectivity index (χ0n) is 22.1. The SMILES string of the molecule is CCCCCc1c(-c2ccccc2)cccc1S(=O)(=O)c1cccc(-c2ccccc2)c1CCCCC. The van der Waals surface area contributed by atoms with Gasteiger partial charge in [-0.25, -0.2) is 8.42 Å². The Morgan fingerprint density at radius 1 is 0.486 bits per heavy atom. The van der Waals surface area contributed by atoms with Crippen LogP contribution in [0.5, 0.6) is 0 Å². The summed E-state index contributed by atoms with van der Waals surface area (Å²) >= 11 is 0. The van der Waals surface area contributed by atoms with Crippen LogP contribution in [-0.2, 0) is 22.7 Å². The number of rotatable bonds is 12. The average molecular weight is 511 g/mol. The van der Waals surface area contributed by atoms with E-state index in [1.165, 1.54) is 0 Å². The molecule has 0 amide bonds. The maximum absolute atomic E-state index is 14.5. The summed E-state index contributed by atoms with van der Waals surface area (Å²) in [4.78, 5) is 0.902. The van der Waals surface area contributed by atoms with Crippen molar-refractivity contribution in [2.75, 3.05) is 0 Å². The molecule has 0 aliphatic carbocycles. The molecule has 0 aliphatic rings. The molecule has 0 unspecified atom stereocenters. The monoisotopic (exact) mass is 510 g/mol. The van der Waals surface area contributed by atoms with Gasteiger partial charge in [0.25, 0.3) is 0 Å². The number of unbranched alkanes of at least 4 members (excludes halogenated alkanes) is 4. The number of benzene rings is 4. The number of hydrogen-bond donors (Lipinski definition) is 0. The summed E-state index contributed by atoms with van der Waals surface area (Å²) in [6.45, 7) is 4.36. The van der Waals surface area contributed by atoms with Gasteiger partial charge in [0.2, 0.25) is 9.84 Å². The third kappa shape index (κ3) is 6.22. The van der Waals surface area contributed by atoms with Crippen LogP contribution in [0.25, 0.3) is 22.3 Å². The van der Waals surface area contributed by atoms with Crippen molar-refractivity contribution >= 4 is 9.84 Å². The fourth-order valence-corrected chi connectivity index (χ4v) is 6.97. The van der Waals surface area contributed by atoms with Crippen molar-refractivity contribution in [2.45, 2.75) is 75.0 Å². The first-order valence-electron chi connectivity index (χ1n) is 13.7. The topological polar surface area (TPSA) is 34.1 Å². The van der Waals surface area contributed by atoms with Crippen LogP contribution in [0.15, 0.2) is 107 Å². The summed E-state index contributed by atoms with van der Waals surface area (Å²) in [5.41, 5.74) is 6.03. The van der Waals surface area contributed by atoms with Gasteiger partial charge in [-0.15, -0.1) is 0 Å². The number of hydrogen-bond acceptors (Lipinski definition) is 2. The lowest BCUT2D eigenvalue weighted by Crippen LogP contribution is -2.11. The van der Waals surface area contributed by atoms with Crippen LogP contribution in [0.2, 0.25) is 0 Å². The van der Waals surface area contributed by atoms with Gasteiger partial charge in [0.05, 0.1) is 9.79 Å². The molecular weight excluding hydrogens is 472 g/mol. The van der Waals surface area contributed by atoms with E-state index in [1.807, 2.05) is 60.7 Å². The highest BCUT2D eigenvalue weighted by molar-refractivity contribution is 7.91. The van der Waals surface area contributed by atoms with Crippen molar-refractivity contribution in [1.29, 1.82) is 0 Å². The predicted molar refractivity (Wildman–Crippen MR) is 156 cm³/mol. The molecule has 192 valence electrons. The number of sulfone groups is 1. The van der Waals surface area contributed by atoms with E-state index >= 15 is 0 Å². The molecule has 0 radical (unpaired) electrons. The van der Waals surface area contributed by atoms with E-state index < -0.39 is 9.84 Å². The summed E-state index contributed by atoms with van der Waals surface area (Å²) in [5, 5.41) is 0. The minimum Gasteiger partial charge on any atom is -0.218 e. The molecule has 37 heavy (non-hydrogen) atoms. The maximum Gasteiger partial charge on any atom is 0.207 e. The van der Waals surface area contributed by atoms with Crippen LogP contribution in [0.1, 0.15) is 63.5 Å². The first kappa shape index (κ1) is 26.9. The highest BCUT2D eigenvalue weighted by atomic mass is 32.2. The largest absolute Gasteiger partial charge is 0.218 e. The molecule has 3 heteroatoms. The lowest BCUT2D eigenvalue weighted by Gasteiger charge is -2.19. The van der Waals surface area contributed by atoms with Crippen LogP contribution in [-0.4, -0.2) is 8.42 Å². The van der Waals surface area contributed by atoms with Crippen molar-refractivity contribution in [3.05, 3.63) is 108 Å². The van der Waals surface area contributed by atoms with E-state index in [-0.39, 0.29) is 0 Å². The molecule has 0 aliphatic heterocycles. The fraction of sp³-hybridized carbons (Fsp3) is 0.294. The second-order valence-electron chi connectivity index (χ2n) is 9.71. The zero-order valence-corrected chi connectivity index (χ0v) is 22.9. The molecule has 0 saturated carbocycles.